The lowest BCUT2D eigenvalue weighted by Gasteiger charge is -2.32. The van der Waals surface area contributed by atoms with Gasteiger partial charge in [-0.15, -0.1) is 0 Å². The highest BCUT2D eigenvalue weighted by molar-refractivity contribution is 5.39. The average molecular weight is 279 g/mol. The summed E-state index contributed by atoms with van der Waals surface area (Å²) in [5.74, 6) is 2.11. The molecule has 1 N–H and O–H groups in total. The van der Waals surface area contributed by atoms with Crippen molar-refractivity contribution in [2.45, 2.75) is 25.9 Å². The Morgan fingerprint density at radius 1 is 1.35 bits per heavy atom. The van der Waals surface area contributed by atoms with Gasteiger partial charge in [-0.2, -0.15) is 0 Å². The molecule has 4 nitrogen and oxygen atoms in total. The van der Waals surface area contributed by atoms with Crippen LogP contribution in [0.25, 0.3) is 0 Å². The number of aliphatic hydroxyl groups is 1. The molecule has 0 spiro atoms. The summed E-state index contributed by atoms with van der Waals surface area (Å²) in [7, 11) is 1.62. The molecule has 0 aromatic heterocycles. The fourth-order valence-electron chi connectivity index (χ4n) is 2.73. The molecule has 0 unspecified atom stereocenters. The Morgan fingerprint density at radius 3 is 2.80 bits per heavy atom. The summed E-state index contributed by atoms with van der Waals surface area (Å²) in [5, 5.41) is 10.1. The van der Waals surface area contributed by atoms with Gasteiger partial charge >= 0.3 is 0 Å². The molecule has 1 aliphatic rings. The molecule has 1 fully saturated rings. The number of likely N-dealkylation sites (tertiary alicyclic amines) is 1. The maximum Gasteiger partial charge on any atom is 0.161 e. The van der Waals surface area contributed by atoms with Crippen molar-refractivity contribution < 1.29 is 14.6 Å². The second-order valence-corrected chi connectivity index (χ2v) is 5.62. The van der Waals surface area contributed by atoms with E-state index in [4.69, 9.17) is 9.47 Å². The summed E-state index contributed by atoms with van der Waals surface area (Å²) in [6, 6.07) is 7.51. The zero-order chi connectivity index (χ0) is 14.4. The van der Waals surface area contributed by atoms with E-state index in [1.807, 2.05) is 24.3 Å². The van der Waals surface area contributed by atoms with Crippen molar-refractivity contribution in [2.24, 2.45) is 5.92 Å². The zero-order valence-corrected chi connectivity index (χ0v) is 12.4. The van der Waals surface area contributed by atoms with Crippen LogP contribution in [0.5, 0.6) is 11.5 Å². The summed E-state index contributed by atoms with van der Waals surface area (Å²) >= 11 is 0. The topological polar surface area (TPSA) is 41.9 Å². The van der Waals surface area contributed by atoms with Crippen LogP contribution in [0.1, 0.15) is 19.8 Å². The van der Waals surface area contributed by atoms with Crippen LogP contribution in [-0.4, -0.2) is 49.5 Å². The number of benzene rings is 1. The zero-order valence-electron chi connectivity index (χ0n) is 12.4. The summed E-state index contributed by atoms with van der Waals surface area (Å²) < 4.78 is 10.9. The minimum atomic E-state index is -0.467. The highest BCUT2D eigenvalue weighted by Crippen LogP contribution is 2.25. The molecule has 112 valence electrons. The first-order chi connectivity index (χ1) is 9.69. The predicted octanol–water partition coefficient (Wildman–Crippen LogP) is 2.17. The van der Waals surface area contributed by atoms with Crippen molar-refractivity contribution in [3.63, 3.8) is 0 Å². The molecule has 0 amide bonds. The van der Waals surface area contributed by atoms with Gasteiger partial charge in [-0.05, 0) is 37.4 Å². The lowest BCUT2D eigenvalue weighted by atomic mass is 10.0. The number of methoxy groups -OCH3 is 1. The molecule has 1 saturated heterocycles. The number of nitrogens with zero attached hydrogens (tertiary/aromatic N) is 1. The van der Waals surface area contributed by atoms with Gasteiger partial charge in [0, 0.05) is 13.1 Å². The normalized spacial score (nSPS) is 21.4. The fraction of sp³-hybridized carbons (Fsp3) is 0.625. The highest BCUT2D eigenvalue weighted by atomic mass is 16.5. The van der Waals surface area contributed by atoms with Crippen LogP contribution in [0.3, 0.4) is 0 Å². The molecule has 0 radical (unpaired) electrons. The molecule has 1 aromatic carbocycles. The van der Waals surface area contributed by atoms with E-state index in [1.165, 1.54) is 12.8 Å². The van der Waals surface area contributed by atoms with Crippen LogP contribution in [0.15, 0.2) is 24.3 Å². The third-order valence-electron chi connectivity index (χ3n) is 3.71. The van der Waals surface area contributed by atoms with Crippen LogP contribution < -0.4 is 9.47 Å². The van der Waals surface area contributed by atoms with E-state index in [2.05, 4.69) is 11.8 Å². The largest absolute Gasteiger partial charge is 0.493 e. The van der Waals surface area contributed by atoms with Crippen LogP contribution in [0.4, 0.5) is 0 Å². The highest BCUT2D eigenvalue weighted by Gasteiger charge is 2.19. The van der Waals surface area contributed by atoms with Gasteiger partial charge in [0.1, 0.15) is 12.7 Å². The number of hydrogen-bond acceptors (Lipinski definition) is 4. The molecule has 4 heteroatoms. The molecular formula is C16H25NO3. The molecule has 0 bridgehead atoms. The predicted molar refractivity (Wildman–Crippen MR) is 79.3 cm³/mol. The first-order valence-electron chi connectivity index (χ1n) is 7.35. The number of para-hydroxylation sites is 2. The van der Waals surface area contributed by atoms with Crippen molar-refractivity contribution >= 4 is 0 Å². The quantitative estimate of drug-likeness (QED) is 0.866. The third kappa shape index (κ3) is 4.39. The second kappa shape index (κ2) is 7.50. The van der Waals surface area contributed by atoms with Gasteiger partial charge in [-0.25, -0.2) is 0 Å². The van der Waals surface area contributed by atoms with Crippen molar-refractivity contribution in [1.29, 1.82) is 0 Å². The Hall–Kier alpha value is -1.26. The first kappa shape index (κ1) is 15.1. The molecule has 0 saturated carbocycles. The molecule has 2 atom stereocenters. The van der Waals surface area contributed by atoms with Gasteiger partial charge in [0.15, 0.2) is 11.5 Å². The van der Waals surface area contributed by atoms with Crippen LogP contribution >= 0.6 is 0 Å². The van der Waals surface area contributed by atoms with Crippen molar-refractivity contribution in [3.05, 3.63) is 24.3 Å². The molecule has 1 aliphatic heterocycles. The molecular weight excluding hydrogens is 254 g/mol. The van der Waals surface area contributed by atoms with E-state index < -0.39 is 6.10 Å². The monoisotopic (exact) mass is 279 g/mol. The summed E-state index contributed by atoms with van der Waals surface area (Å²) in [6.45, 7) is 5.40. The summed E-state index contributed by atoms with van der Waals surface area (Å²) in [4.78, 5) is 2.32. The van der Waals surface area contributed by atoms with Crippen LogP contribution in [0.2, 0.25) is 0 Å². The molecule has 1 aromatic rings. The summed E-state index contributed by atoms with van der Waals surface area (Å²) in [6.07, 6.45) is 2.05. The smallest absolute Gasteiger partial charge is 0.161 e. The van der Waals surface area contributed by atoms with E-state index in [0.717, 1.165) is 19.0 Å². The number of β-amino-alcohol motifs (C(OH)–C–C–N with tert-alkyl or cyclic N) is 1. The number of ether oxygens (including phenoxy) is 2. The Morgan fingerprint density at radius 2 is 2.10 bits per heavy atom. The van der Waals surface area contributed by atoms with Crippen molar-refractivity contribution in [1.82, 2.24) is 4.90 Å². The maximum atomic E-state index is 10.1. The molecule has 1 heterocycles. The SMILES string of the molecule is COc1ccccc1OC[C@@H](O)CN1CCC[C@H](C)C1. The van der Waals surface area contributed by atoms with Gasteiger partial charge in [0.25, 0.3) is 0 Å². The van der Waals surface area contributed by atoms with Gasteiger partial charge in [-0.3, -0.25) is 0 Å². The van der Waals surface area contributed by atoms with E-state index in [9.17, 15) is 5.11 Å². The van der Waals surface area contributed by atoms with Gasteiger partial charge < -0.3 is 19.5 Å². The number of hydrogen-bond donors (Lipinski definition) is 1. The van der Waals surface area contributed by atoms with Crippen molar-refractivity contribution in [2.75, 3.05) is 33.4 Å². The van der Waals surface area contributed by atoms with Crippen LogP contribution in [0, 0.1) is 5.92 Å². The minimum Gasteiger partial charge on any atom is -0.493 e. The molecule has 0 aliphatic carbocycles. The Kier molecular flexibility index (Phi) is 5.68. The fourth-order valence-corrected chi connectivity index (χ4v) is 2.73. The second-order valence-electron chi connectivity index (χ2n) is 5.62. The summed E-state index contributed by atoms with van der Waals surface area (Å²) in [5.41, 5.74) is 0. The van der Waals surface area contributed by atoms with Crippen molar-refractivity contribution in [3.8, 4) is 11.5 Å². The Labute approximate surface area is 121 Å². The van der Waals surface area contributed by atoms with Gasteiger partial charge in [-0.1, -0.05) is 19.1 Å². The lowest BCUT2D eigenvalue weighted by molar-refractivity contribution is 0.0530. The number of rotatable bonds is 6. The first-order valence-corrected chi connectivity index (χ1v) is 7.35. The Balaban J connectivity index is 1.78. The van der Waals surface area contributed by atoms with E-state index >= 15 is 0 Å². The van der Waals surface area contributed by atoms with Gasteiger partial charge in [0.05, 0.1) is 7.11 Å². The minimum absolute atomic E-state index is 0.297. The number of aliphatic hydroxyl groups excluding tert-OH is 1. The van der Waals surface area contributed by atoms with Gasteiger partial charge in [0.2, 0.25) is 0 Å². The number of piperidine rings is 1. The average Bonchev–Trinajstić information content (AvgIpc) is 2.45. The van der Waals surface area contributed by atoms with E-state index in [1.54, 1.807) is 7.11 Å². The third-order valence-corrected chi connectivity index (χ3v) is 3.71. The maximum absolute atomic E-state index is 10.1. The lowest BCUT2D eigenvalue weighted by Crippen LogP contribution is -2.41. The standard InChI is InChI=1S/C16H25NO3/c1-13-6-5-9-17(10-13)11-14(18)12-20-16-8-4-3-7-15(16)19-2/h3-4,7-8,13-14,18H,5-6,9-12H2,1-2H3/t13-,14-/m0/s1. The van der Waals surface area contributed by atoms with E-state index in [0.29, 0.717) is 24.7 Å². The van der Waals surface area contributed by atoms with Crippen LogP contribution in [-0.2, 0) is 0 Å². The molecule has 20 heavy (non-hydrogen) atoms. The molecule has 2 rings (SSSR count). The Bertz CT molecular complexity index is 410. The van der Waals surface area contributed by atoms with E-state index in [-0.39, 0.29) is 0 Å².